The van der Waals surface area contributed by atoms with Crippen LogP contribution in [0.5, 0.6) is 0 Å². The van der Waals surface area contributed by atoms with E-state index >= 15 is 0 Å². The molecular formula is C9H11O2P. The lowest BCUT2D eigenvalue weighted by molar-refractivity contribution is 0.0697. The number of hydrogen-bond acceptors (Lipinski definition) is 1. The summed E-state index contributed by atoms with van der Waals surface area (Å²) in [7, 11) is 2.54. The van der Waals surface area contributed by atoms with E-state index in [1.54, 1.807) is 12.1 Å². The minimum absolute atomic E-state index is 0.350. The van der Waals surface area contributed by atoms with Gasteiger partial charge in [0.1, 0.15) is 0 Å². The van der Waals surface area contributed by atoms with Gasteiger partial charge in [0.25, 0.3) is 0 Å². The van der Waals surface area contributed by atoms with E-state index in [0.29, 0.717) is 5.56 Å². The van der Waals surface area contributed by atoms with Crippen LogP contribution < -0.4 is 5.30 Å². The molecule has 0 aliphatic carbocycles. The van der Waals surface area contributed by atoms with Crippen LogP contribution in [-0.4, -0.2) is 11.1 Å². The van der Waals surface area contributed by atoms with E-state index in [4.69, 9.17) is 5.11 Å². The zero-order chi connectivity index (χ0) is 9.30. The largest absolute Gasteiger partial charge is 0.478 e. The minimum atomic E-state index is -0.873. The van der Waals surface area contributed by atoms with E-state index in [1.807, 2.05) is 13.8 Å². The van der Waals surface area contributed by atoms with Crippen molar-refractivity contribution < 1.29 is 9.90 Å². The molecule has 0 spiro atoms. The van der Waals surface area contributed by atoms with Crippen LogP contribution in [0.15, 0.2) is 12.1 Å². The number of carboxylic acid groups (broad SMARTS) is 1. The molecule has 1 unspecified atom stereocenters. The number of aromatic carboxylic acids is 1. The fourth-order valence-electron chi connectivity index (χ4n) is 1.01. The van der Waals surface area contributed by atoms with Gasteiger partial charge in [0.15, 0.2) is 0 Å². The van der Waals surface area contributed by atoms with Crippen LogP contribution in [0.2, 0.25) is 0 Å². The number of hydrogen-bond donors (Lipinski definition) is 1. The molecule has 0 amide bonds. The zero-order valence-corrected chi connectivity index (χ0v) is 8.24. The fourth-order valence-corrected chi connectivity index (χ4v) is 1.42. The first kappa shape index (κ1) is 9.21. The van der Waals surface area contributed by atoms with Gasteiger partial charge in [-0.05, 0) is 42.4 Å². The third-order valence-electron chi connectivity index (χ3n) is 1.95. The minimum Gasteiger partial charge on any atom is -0.478 e. The lowest BCUT2D eigenvalue weighted by Crippen LogP contribution is -2.06. The predicted molar refractivity (Wildman–Crippen MR) is 52.2 cm³/mol. The predicted octanol–water partition coefficient (Wildman–Crippen LogP) is 1.50. The normalized spacial score (nSPS) is 9.92. The molecule has 0 heterocycles. The highest BCUT2D eigenvalue weighted by Crippen LogP contribution is 2.10. The molecule has 2 nitrogen and oxygen atoms in total. The van der Waals surface area contributed by atoms with Crippen molar-refractivity contribution in [1.29, 1.82) is 0 Å². The first-order chi connectivity index (χ1) is 5.52. The maximum absolute atomic E-state index is 10.6. The lowest BCUT2D eigenvalue weighted by atomic mass is 10.1. The highest BCUT2D eigenvalue weighted by atomic mass is 31.0. The summed E-state index contributed by atoms with van der Waals surface area (Å²) in [6, 6.07) is 3.35. The summed E-state index contributed by atoms with van der Waals surface area (Å²) in [6.07, 6.45) is 0. The molecule has 3 heteroatoms. The van der Waals surface area contributed by atoms with Crippen LogP contribution in [0.1, 0.15) is 21.5 Å². The molecule has 1 atom stereocenters. The summed E-state index contributed by atoms with van der Waals surface area (Å²) >= 11 is 0. The summed E-state index contributed by atoms with van der Waals surface area (Å²) in [5.74, 6) is -0.873. The van der Waals surface area contributed by atoms with Crippen molar-refractivity contribution in [3.8, 4) is 0 Å². The Kier molecular flexibility index (Phi) is 2.49. The van der Waals surface area contributed by atoms with Gasteiger partial charge in [-0.2, -0.15) is 0 Å². The maximum atomic E-state index is 10.6. The number of carboxylic acids is 1. The van der Waals surface area contributed by atoms with Gasteiger partial charge in [-0.25, -0.2) is 4.79 Å². The first-order valence-electron chi connectivity index (χ1n) is 3.62. The van der Waals surface area contributed by atoms with E-state index < -0.39 is 5.97 Å². The van der Waals surface area contributed by atoms with Crippen LogP contribution in [0.25, 0.3) is 0 Å². The van der Waals surface area contributed by atoms with Crippen molar-refractivity contribution in [3.63, 3.8) is 0 Å². The van der Waals surface area contributed by atoms with Crippen molar-refractivity contribution in [2.24, 2.45) is 0 Å². The molecule has 12 heavy (non-hydrogen) atoms. The van der Waals surface area contributed by atoms with Crippen molar-refractivity contribution in [2.75, 3.05) is 0 Å². The van der Waals surface area contributed by atoms with Crippen LogP contribution >= 0.6 is 9.24 Å². The van der Waals surface area contributed by atoms with Gasteiger partial charge in [0, 0.05) is 0 Å². The summed E-state index contributed by atoms with van der Waals surface area (Å²) in [6.45, 7) is 3.89. The number of aryl methyl sites for hydroxylation is 1. The second kappa shape index (κ2) is 3.24. The average molecular weight is 182 g/mol. The van der Waals surface area contributed by atoms with Gasteiger partial charge in [0.2, 0.25) is 0 Å². The lowest BCUT2D eigenvalue weighted by Gasteiger charge is -2.05. The molecule has 0 aliphatic rings. The van der Waals surface area contributed by atoms with Crippen LogP contribution in [0.3, 0.4) is 0 Å². The van der Waals surface area contributed by atoms with Crippen molar-refractivity contribution in [3.05, 3.63) is 28.8 Å². The van der Waals surface area contributed by atoms with Gasteiger partial charge in [-0.15, -0.1) is 9.24 Å². The zero-order valence-electron chi connectivity index (χ0n) is 7.09. The van der Waals surface area contributed by atoms with Crippen LogP contribution in [0.4, 0.5) is 0 Å². The summed E-state index contributed by atoms with van der Waals surface area (Å²) < 4.78 is 0. The molecule has 0 radical (unpaired) electrons. The van der Waals surface area contributed by atoms with E-state index in [2.05, 4.69) is 9.24 Å². The molecular weight excluding hydrogens is 171 g/mol. The SMILES string of the molecule is Cc1cc(C(=O)O)cc(P)c1C. The Hall–Kier alpha value is -0.880. The highest BCUT2D eigenvalue weighted by Gasteiger charge is 2.05. The molecule has 0 fully saturated rings. The summed E-state index contributed by atoms with van der Waals surface area (Å²) in [5, 5.41) is 9.67. The van der Waals surface area contributed by atoms with E-state index in [1.165, 1.54) is 0 Å². The molecule has 0 bridgehead atoms. The molecule has 0 saturated heterocycles. The fraction of sp³-hybridized carbons (Fsp3) is 0.222. The second-order valence-electron chi connectivity index (χ2n) is 2.81. The second-order valence-corrected chi connectivity index (χ2v) is 3.43. The first-order valence-corrected chi connectivity index (χ1v) is 4.20. The van der Waals surface area contributed by atoms with Gasteiger partial charge in [0.05, 0.1) is 5.56 Å². The Bertz CT molecular complexity index is 308. The number of carbonyl (C=O) groups is 1. The van der Waals surface area contributed by atoms with Crippen molar-refractivity contribution in [1.82, 2.24) is 0 Å². The topological polar surface area (TPSA) is 37.3 Å². The molecule has 1 rings (SSSR count). The standard InChI is InChI=1S/C9H11O2P/c1-5-3-7(9(10)11)4-8(12)6(5)2/h3-4H,12H2,1-2H3,(H,10,11). The van der Waals surface area contributed by atoms with Gasteiger partial charge in [-0.3, -0.25) is 0 Å². The molecule has 64 valence electrons. The monoisotopic (exact) mass is 182 g/mol. The Morgan fingerprint density at radius 3 is 2.42 bits per heavy atom. The molecule has 0 saturated carbocycles. The maximum Gasteiger partial charge on any atom is 0.335 e. The Morgan fingerprint density at radius 1 is 1.42 bits per heavy atom. The van der Waals surface area contributed by atoms with E-state index in [9.17, 15) is 4.79 Å². The van der Waals surface area contributed by atoms with Crippen LogP contribution in [0, 0.1) is 13.8 Å². The van der Waals surface area contributed by atoms with Gasteiger partial charge in [-0.1, -0.05) is 0 Å². The van der Waals surface area contributed by atoms with E-state index in [-0.39, 0.29) is 0 Å². The third kappa shape index (κ3) is 1.64. The summed E-state index contributed by atoms with van der Waals surface area (Å²) in [5.41, 5.74) is 2.49. The van der Waals surface area contributed by atoms with Crippen molar-refractivity contribution >= 4 is 20.5 Å². The Balaban J connectivity index is 3.31. The number of rotatable bonds is 1. The Morgan fingerprint density at radius 2 is 2.00 bits per heavy atom. The third-order valence-corrected chi connectivity index (χ3v) is 2.55. The van der Waals surface area contributed by atoms with Crippen LogP contribution in [-0.2, 0) is 0 Å². The van der Waals surface area contributed by atoms with E-state index in [0.717, 1.165) is 16.4 Å². The quantitative estimate of drug-likeness (QED) is 0.668. The van der Waals surface area contributed by atoms with Gasteiger partial charge < -0.3 is 5.11 Å². The molecule has 1 aromatic rings. The van der Waals surface area contributed by atoms with Gasteiger partial charge >= 0.3 is 5.97 Å². The molecule has 0 aliphatic heterocycles. The van der Waals surface area contributed by atoms with Crippen molar-refractivity contribution in [2.45, 2.75) is 13.8 Å². The number of benzene rings is 1. The molecule has 1 aromatic carbocycles. The highest BCUT2D eigenvalue weighted by molar-refractivity contribution is 7.27. The molecule has 1 N–H and O–H groups in total. The average Bonchev–Trinajstić information content (AvgIpc) is 1.99. The summed E-state index contributed by atoms with van der Waals surface area (Å²) in [4.78, 5) is 10.6. The Labute approximate surface area is 73.8 Å². The molecule has 0 aromatic heterocycles. The smallest absolute Gasteiger partial charge is 0.335 e.